The largest absolute Gasteiger partial charge is 0.483 e. The summed E-state index contributed by atoms with van der Waals surface area (Å²) in [5.74, 6) is 0.173. The van der Waals surface area contributed by atoms with Gasteiger partial charge in [0.1, 0.15) is 6.61 Å². The van der Waals surface area contributed by atoms with Gasteiger partial charge in [0.15, 0.2) is 0 Å². The number of hydrogen-bond donors (Lipinski definition) is 1. The van der Waals surface area contributed by atoms with E-state index in [0.29, 0.717) is 6.61 Å². The molecule has 0 rings (SSSR count). The van der Waals surface area contributed by atoms with Crippen LogP contribution in [0.5, 0.6) is 0 Å². The zero-order valence-corrected chi connectivity index (χ0v) is 5.23. The van der Waals surface area contributed by atoms with Crippen LogP contribution in [0.25, 0.3) is 0 Å². The van der Waals surface area contributed by atoms with Crippen LogP contribution >= 0.6 is 0 Å². The smallest absolute Gasteiger partial charge is 0.206 e. The lowest BCUT2D eigenvalue weighted by molar-refractivity contribution is 0.169. The lowest BCUT2D eigenvalue weighted by Gasteiger charge is -1.99. The molecule has 0 aliphatic carbocycles. The van der Waals surface area contributed by atoms with Gasteiger partial charge in [-0.05, 0) is 6.92 Å². The van der Waals surface area contributed by atoms with E-state index in [0.717, 1.165) is 0 Å². The molecule has 0 unspecified atom stereocenters. The highest BCUT2D eigenvalue weighted by molar-refractivity contribution is 5.73. The number of methoxy groups -OCH3 is 1. The Bertz CT molecular complexity index is 72.8. The molecule has 0 bridgehead atoms. The summed E-state index contributed by atoms with van der Waals surface area (Å²) in [6.45, 7) is 2.79. The van der Waals surface area contributed by atoms with E-state index in [1.807, 2.05) is 6.92 Å². The third kappa shape index (κ3) is 3.61. The fraction of sp³-hybridized carbons (Fsp3) is 0.800. The Morgan fingerprint density at radius 1 is 1.62 bits per heavy atom. The summed E-state index contributed by atoms with van der Waals surface area (Å²) in [7, 11) is 1.46. The van der Waals surface area contributed by atoms with Gasteiger partial charge >= 0.3 is 0 Å². The van der Waals surface area contributed by atoms with Gasteiger partial charge in [-0.2, -0.15) is 0 Å². The number of ether oxygens (including phenoxy) is 2. The van der Waals surface area contributed by atoms with E-state index in [1.165, 1.54) is 7.11 Å². The molecule has 0 radical (unpaired) electrons. The molecule has 0 fully saturated rings. The first-order valence-corrected chi connectivity index (χ1v) is 2.50. The number of hydrogen-bond acceptors (Lipinski definition) is 3. The molecule has 0 amide bonds. The van der Waals surface area contributed by atoms with Gasteiger partial charge in [0.05, 0.1) is 7.11 Å². The monoisotopic (exact) mass is 117 g/mol. The minimum atomic E-state index is 0.173. The molecule has 0 heterocycles. The summed E-state index contributed by atoms with van der Waals surface area (Å²) in [6.07, 6.45) is 0. The van der Waals surface area contributed by atoms with E-state index >= 15 is 0 Å². The molecule has 0 aromatic heterocycles. The first-order valence-electron chi connectivity index (χ1n) is 2.50. The second-order valence-electron chi connectivity index (χ2n) is 1.26. The van der Waals surface area contributed by atoms with Crippen molar-refractivity contribution in [1.82, 2.24) is 0 Å². The van der Waals surface area contributed by atoms with Crippen molar-refractivity contribution < 1.29 is 9.47 Å². The predicted octanol–water partition coefficient (Wildman–Crippen LogP) is 0.647. The van der Waals surface area contributed by atoms with E-state index < -0.39 is 0 Å². The summed E-state index contributed by atoms with van der Waals surface area (Å²) in [5, 5.41) is 6.89. The van der Waals surface area contributed by atoms with E-state index in [4.69, 9.17) is 10.1 Å². The maximum Gasteiger partial charge on any atom is 0.206 e. The number of nitrogens with one attached hydrogen (secondary N) is 1. The quantitative estimate of drug-likeness (QED) is 0.435. The van der Waals surface area contributed by atoms with Gasteiger partial charge in [-0.3, -0.25) is 5.41 Å². The van der Waals surface area contributed by atoms with Crippen molar-refractivity contribution >= 4 is 5.90 Å². The molecule has 8 heavy (non-hydrogen) atoms. The molecule has 0 aliphatic rings. The predicted molar refractivity (Wildman–Crippen MR) is 31.2 cm³/mol. The molecular formula is C5H11NO2. The summed E-state index contributed by atoms with van der Waals surface area (Å²) < 4.78 is 9.35. The molecule has 48 valence electrons. The van der Waals surface area contributed by atoms with Crippen molar-refractivity contribution in [1.29, 1.82) is 5.41 Å². The molecule has 0 saturated carbocycles. The van der Waals surface area contributed by atoms with Gasteiger partial charge in [-0.1, -0.05) is 0 Å². The minimum Gasteiger partial charge on any atom is -0.483 e. The minimum absolute atomic E-state index is 0.173. The van der Waals surface area contributed by atoms with Crippen LogP contribution in [-0.2, 0) is 9.47 Å². The lowest BCUT2D eigenvalue weighted by atomic mass is 10.7. The lowest BCUT2D eigenvalue weighted by Crippen LogP contribution is -2.08. The van der Waals surface area contributed by atoms with Gasteiger partial charge < -0.3 is 9.47 Å². The normalized spacial score (nSPS) is 8.75. The summed E-state index contributed by atoms with van der Waals surface area (Å²) >= 11 is 0. The van der Waals surface area contributed by atoms with E-state index in [-0.39, 0.29) is 12.5 Å². The van der Waals surface area contributed by atoms with Gasteiger partial charge in [0, 0.05) is 6.61 Å². The number of rotatable bonds is 3. The summed E-state index contributed by atoms with van der Waals surface area (Å²) in [6, 6.07) is 0. The zero-order valence-electron chi connectivity index (χ0n) is 5.23. The average molecular weight is 117 g/mol. The Balaban J connectivity index is 2.99. The van der Waals surface area contributed by atoms with Crippen molar-refractivity contribution in [2.45, 2.75) is 6.92 Å². The van der Waals surface area contributed by atoms with Crippen molar-refractivity contribution in [3.05, 3.63) is 0 Å². The maximum atomic E-state index is 6.89. The van der Waals surface area contributed by atoms with Crippen LogP contribution in [0.2, 0.25) is 0 Å². The van der Waals surface area contributed by atoms with Crippen molar-refractivity contribution in [2.75, 3.05) is 20.3 Å². The van der Waals surface area contributed by atoms with Gasteiger partial charge in [0.25, 0.3) is 0 Å². The molecule has 0 spiro atoms. The molecule has 0 aliphatic heterocycles. The third-order valence-corrected chi connectivity index (χ3v) is 0.684. The Labute approximate surface area is 49.1 Å². The Morgan fingerprint density at radius 2 is 2.25 bits per heavy atom. The van der Waals surface area contributed by atoms with Crippen LogP contribution in [0.1, 0.15) is 6.92 Å². The van der Waals surface area contributed by atoms with Crippen LogP contribution in [-0.4, -0.2) is 26.2 Å². The molecule has 0 atom stereocenters. The molecule has 0 aromatic rings. The van der Waals surface area contributed by atoms with Crippen LogP contribution in [0.4, 0.5) is 0 Å². The SMILES string of the molecule is CCOCC(=N)OC. The summed E-state index contributed by atoms with van der Waals surface area (Å²) in [4.78, 5) is 0. The highest BCUT2D eigenvalue weighted by Crippen LogP contribution is 1.76. The second-order valence-corrected chi connectivity index (χ2v) is 1.26. The molecule has 3 heteroatoms. The van der Waals surface area contributed by atoms with Gasteiger partial charge in [0.2, 0.25) is 5.90 Å². The third-order valence-electron chi connectivity index (χ3n) is 0.684. The Kier molecular flexibility index (Phi) is 4.26. The fourth-order valence-corrected chi connectivity index (χ4v) is 0.254. The maximum absolute atomic E-state index is 6.89. The van der Waals surface area contributed by atoms with E-state index in [2.05, 4.69) is 4.74 Å². The van der Waals surface area contributed by atoms with Gasteiger partial charge in [-0.15, -0.1) is 0 Å². The molecular weight excluding hydrogens is 106 g/mol. The topological polar surface area (TPSA) is 42.3 Å². The Hall–Kier alpha value is -0.570. The Morgan fingerprint density at radius 3 is 2.62 bits per heavy atom. The summed E-state index contributed by atoms with van der Waals surface area (Å²) in [5.41, 5.74) is 0. The molecule has 3 nitrogen and oxygen atoms in total. The zero-order chi connectivity index (χ0) is 6.41. The first-order chi connectivity index (χ1) is 3.81. The van der Waals surface area contributed by atoms with Crippen LogP contribution in [0, 0.1) is 5.41 Å². The molecule has 0 aromatic carbocycles. The highest BCUT2D eigenvalue weighted by Gasteiger charge is 1.89. The van der Waals surface area contributed by atoms with Gasteiger partial charge in [-0.25, -0.2) is 0 Å². The second kappa shape index (κ2) is 4.59. The van der Waals surface area contributed by atoms with E-state index in [9.17, 15) is 0 Å². The standard InChI is InChI=1S/C5H11NO2/c1-3-8-4-5(6)7-2/h6H,3-4H2,1-2H3. The van der Waals surface area contributed by atoms with Crippen LogP contribution in [0.3, 0.4) is 0 Å². The van der Waals surface area contributed by atoms with Crippen LogP contribution in [0.15, 0.2) is 0 Å². The van der Waals surface area contributed by atoms with Crippen molar-refractivity contribution in [3.8, 4) is 0 Å². The van der Waals surface area contributed by atoms with Crippen LogP contribution < -0.4 is 0 Å². The highest BCUT2D eigenvalue weighted by atomic mass is 16.5. The average Bonchev–Trinajstić information content (AvgIpc) is 1.83. The van der Waals surface area contributed by atoms with E-state index in [1.54, 1.807) is 0 Å². The molecule has 0 saturated heterocycles. The van der Waals surface area contributed by atoms with Crippen molar-refractivity contribution in [2.24, 2.45) is 0 Å². The fourth-order valence-electron chi connectivity index (χ4n) is 0.254. The molecule has 1 N–H and O–H groups in total. The first kappa shape index (κ1) is 7.43. The van der Waals surface area contributed by atoms with Crippen molar-refractivity contribution in [3.63, 3.8) is 0 Å².